The Labute approximate surface area is 151 Å². The fourth-order valence-corrected chi connectivity index (χ4v) is 3.49. The second-order valence-electron chi connectivity index (χ2n) is 6.35. The molecule has 0 aliphatic heterocycles. The molecule has 0 bridgehead atoms. The van der Waals surface area contributed by atoms with Crippen molar-refractivity contribution in [1.82, 2.24) is 20.1 Å². The van der Waals surface area contributed by atoms with Gasteiger partial charge in [-0.1, -0.05) is 26.0 Å². The summed E-state index contributed by atoms with van der Waals surface area (Å²) in [6.45, 7) is 4.90. The third-order valence-corrected chi connectivity index (χ3v) is 4.64. The smallest absolute Gasteiger partial charge is 0.270 e. The molecule has 0 unspecified atom stereocenters. The van der Waals surface area contributed by atoms with E-state index < -0.39 is 0 Å². The molecule has 6 heteroatoms. The Bertz CT molecular complexity index is 806. The summed E-state index contributed by atoms with van der Waals surface area (Å²) < 4.78 is 1.82. The number of benzene rings is 1. The predicted octanol–water partition coefficient (Wildman–Crippen LogP) is 3.50. The molecule has 0 saturated heterocycles. The SMILES string of the molecule is CC(C)Cc1nc(C(=O)NCCc2ccc(-n3cccn3)cc2)cs1. The van der Waals surface area contributed by atoms with E-state index in [0.29, 0.717) is 18.2 Å². The number of carbonyl (C=O) groups excluding carboxylic acids is 1. The highest BCUT2D eigenvalue weighted by atomic mass is 32.1. The lowest BCUT2D eigenvalue weighted by molar-refractivity contribution is 0.0949. The highest BCUT2D eigenvalue weighted by Crippen LogP contribution is 2.14. The Morgan fingerprint density at radius 1 is 1.28 bits per heavy atom. The lowest BCUT2D eigenvalue weighted by Gasteiger charge is -2.06. The normalized spacial score (nSPS) is 11.0. The van der Waals surface area contributed by atoms with Crippen LogP contribution >= 0.6 is 11.3 Å². The van der Waals surface area contributed by atoms with Crippen molar-refractivity contribution in [3.8, 4) is 5.69 Å². The van der Waals surface area contributed by atoms with Crippen molar-refractivity contribution in [3.63, 3.8) is 0 Å². The highest BCUT2D eigenvalue weighted by Gasteiger charge is 2.11. The van der Waals surface area contributed by atoms with Crippen LogP contribution in [0.25, 0.3) is 5.69 Å². The van der Waals surface area contributed by atoms with Gasteiger partial charge in [0, 0.05) is 30.7 Å². The van der Waals surface area contributed by atoms with Crippen LogP contribution in [-0.4, -0.2) is 27.2 Å². The van der Waals surface area contributed by atoms with Crippen molar-refractivity contribution in [3.05, 3.63) is 64.4 Å². The molecule has 1 aromatic carbocycles. The van der Waals surface area contributed by atoms with Gasteiger partial charge in [0.05, 0.1) is 10.7 Å². The van der Waals surface area contributed by atoms with Crippen molar-refractivity contribution < 1.29 is 4.79 Å². The van der Waals surface area contributed by atoms with Crippen LogP contribution in [-0.2, 0) is 12.8 Å². The summed E-state index contributed by atoms with van der Waals surface area (Å²) in [4.78, 5) is 16.6. The van der Waals surface area contributed by atoms with Gasteiger partial charge in [-0.25, -0.2) is 9.67 Å². The van der Waals surface area contributed by atoms with E-state index in [-0.39, 0.29) is 5.91 Å². The average Bonchev–Trinajstić information content (AvgIpc) is 3.26. The number of aromatic nitrogens is 3. The van der Waals surface area contributed by atoms with Gasteiger partial charge < -0.3 is 5.32 Å². The summed E-state index contributed by atoms with van der Waals surface area (Å²) in [6, 6.07) is 10.1. The number of hydrogen-bond acceptors (Lipinski definition) is 4. The maximum atomic E-state index is 12.2. The van der Waals surface area contributed by atoms with E-state index in [4.69, 9.17) is 0 Å². The van der Waals surface area contributed by atoms with Gasteiger partial charge in [-0.3, -0.25) is 4.79 Å². The van der Waals surface area contributed by atoms with Crippen LogP contribution in [0.2, 0.25) is 0 Å². The lowest BCUT2D eigenvalue weighted by Crippen LogP contribution is -2.26. The summed E-state index contributed by atoms with van der Waals surface area (Å²) >= 11 is 1.56. The number of amides is 1. The van der Waals surface area contributed by atoms with Crippen LogP contribution in [0.4, 0.5) is 0 Å². The third kappa shape index (κ3) is 4.76. The highest BCUT2D eigenvalue weighted by molar-refractivity contribution is 7.09. The molecule has 0 saturated carbocycles. The van der Waals surface area contributed by atoms with E-state index in [9.17, 15) is 4.79 Å². The number of carbonyl (C=O) groups is 1. The van der Waals surface area contributed by atoms with Crippen molar-refractivity contribution in [2.24, 2.45) is 5.92 Å². The summed E-state index contributed by atoms with van der Waals surface area (Å²) in [5, 5.41) is 10.0. The van der Waals surface area contributed by atoms with E-state index in [1.165, 1.54) is 5.56 Å². The second-order valence-corrected chi connectivity index (χ2v) is 7.29. The van der Waals surface area contributed by atoms with E-state index in [0.717, 1.165) is 23.5 Å². The first-order chi connectivity index (χ1) is 12.1. The fourth-order valence-electron chi connectivity index (χ4n) is 2.51. The summed E-state index contributed by atoms with van der Waals surface area (Å²) in [5.74, 6) is 0.450. The van der Waals surface area contributed by atoms with Crippen molar-refractivity contribution >= 4 is 17.2 Å². The molecular weight excluding hydrogens is 332 g/mol. The Balaban J connectivity index is 1.49. The van der Waals surface area contributed by atoms with Crippen LogP contribution in [0.15, 0.2) is 48.1 Å². The van der Waals surface area contributed by atoms with Gasteiger partial charge in [0.2, 0.25) is 0 Å². The molecule has 130 valence electrons. The first kappa shape index (κ1) is 17.4. The van der Waals surface area contributed by atoms with Gasteiger partial charge in [-0.05, 0) is 36.1 Å². The first-order valence-corrected chi connectivity index (χ1v) is 9.31. The summed E-state index contributed by atoms with van der Waals surface area (Å²) in [7, 11) is 0. The molecule has 0 aliphatic rings. The quantitative estimate of drug-likeness (QED) is 0.706. The van der Waals surface area contributed by atoms with Crippen molar-refractivity contribution in [2.75, 3.05) is 6.54 Å². The van der Waals surface area contributed by atoms with E-state index >= 15 is 0 Å². The monoisotopic (exact) mass is 354 g/mol. The van der Waals surface area contributed by atoms with Gasteiger partial charge in [0.1, 0.15) is 5.69 Å². The van der Waals surface area contributed by atoms with E-state index in [1.807, 2.05) is 34.5 Å². The molecule has 0 fully saturated rings. The average molecular weight is 354 g/mol. The van der Waals surface area contributed by atoms with Gasteiger partial charge >= 0.3 is 0 Å². The molecule has 2 aromatic heterocycles. The number of thiazole rings is 1. The van der Waals surface area contributed by atoms with Crippen LogP contribution in [0.3, 0.4) is 0 Å². The molecule has 5 nitrogen and oxygen atoms in total. The molecule has 0 radical (unpaired) electrons. The zero-order valence-corrected chi connectivity index (χ0v) is 15.3. The predicted molar refractivity (Wildman–Crippen MR) is 100 cm³/mol. The fraction of sp³-hybridized carbons (Fsp3) is 0.316. The minimum absolute atomic E-state index is 0.0978. The number of hydrogen-bond donors (Lipinski definition) is 1. The van der Waals surface area contributed by atoms with Crippen molar-refractivity contribution in [1.29, 1.82) is 0 Å². The topological polar surface area (TPSA) is 59.8 Å². The summed E-state index contributed by atoms with van der Waals surface area (Å²) in [5.41, 5.74) is 2.72. The molecule has 1 amide bonds. The molecule has 0 atom stereocenters. The second kappa shape index (κ2) is 8.07. The maximum absolute atomic E-state index is 12.2. The molecular formula is C19H22N4OS. The molecule has 0 aliphatic carbocycles. The Kier molecular flexibility index (Phi) is 5.60. The lowest BCUT2D eigenvalue weighted by atomic mass is 10.1. The molecule has 0 spiro atoms. The molecule has 3 rings (SSSR count). The van der Waals surface area contributed by atoms with Crippen LogP contribution in [0, 0.1) is 5.92 Å². The van der Waals surface area contributed by atoms with Gasteiger partial charge in [0.25, 0.3) is 5.91 Å². The van der Waals surface area contributed by atoms with E-state index in [1.54, 1.807) is 17.5 Å². The zero-order valence-electron chi connectivity index (χ0n) is 14.5. The molecule has 1 N–H and O–H groups in total. The molecule has 3 aromatic rings. The Hall–Kier alpha value is -2.47. The van der Waals surface area contributed by atoms with Gasteiger partial charge in [-0.15, -0.1) is 11.3 Å². The number of rotatable bonds is 7. The van der Waals surface area contributed by atoms with Crippen LogP contribution in [0.5, 0.6) is 0 Å². The van der Waals surface area contributed by atoms with E-state index in [2.05, 4.69) is 41.4 Å². The van der Waals surface area contributed by atoms with Crippen LogP contribution < -0.4 is 5.32 Å². The summed E-state index contributed by atoms with van der Waals surface area (Å²) in [6.07, 6.45) is 5.37. The Morgan fingerprint density at radius 3 is 2.76 bits per heavy atom. The molecule has 25 heavy (non-hydrogen) atoms. The zero-order chi connectivity index (χ0) is 17.6. The Morgan fingerprint density at radius 2 is 2.08 bits per heavy atom. The minimum atomic E-state index is -0.0978. The number of nitrogens with zero attached hydrogens (tertiary/aromatic N) is 3. The van der Waals surface area contributed by atoms with Crippen LogP contribution in [0.1, 0.15) is 34.9 Å². The largest absolute Gasteiger partial charge is 0.350 e. The maximum Gasteiger partial charge on any atom is 0.270 e. The minimum Gasteiger partial charge on any atom is -0.350 e. The van der Waals surface area contributed by atoms with Crippen molar-refractivity contribution in [2.45, 2.75) is 26.7 Å². The third-order valence-electron chi connectivity index (χ3n) is 3.77. The number of nitrogens with one attached hydrogen (secondary N) is 1. The molecule has 2 heterocycles. The van der Waals surface area contributed by atoms with Gasteiger partial charge in [0.15, 0.2) is 0 Å². The first-order valence-electron chi connectivity index (χ1n) is 8.43. The van der Waals surface area contributed by atoms with Gasteiger partial charge in [-0.2, -0.15) is 5.10 Å². The standard InChI is InChI=1S/C19H22N4OS/c1-14(2)12-18-22-17(13-25-18)19(24)20-10-8-15-4-6-16(7-5-15)23-11-3-9-21-23/h3-7,9,11,13-14H,8,10,12H2,1-2H3,(H,20,24).